The van der Waals surface area contributed by atoms with Gasteiger partial charge in [-0.15, -0.1) is 10.2 Å². The number of para-hydroxylation sites is 1. The summed E-state index contributed by atoms with van der Waals surface area (Å²) in [6, 6.07) is 19.6. The molecule has 0 aliphatic rings. The summed E-state index contributed by atoms with van der Waals surface area (Å²) in [5, 5.41) is 12.1. The van der Waals surface area contributed by atoms with Crippen LogP contribution in [-0.2, 0) is 4.79 Å². The Labute approximate surface area is 197 Å². The van der Waals surface area contributed by atoms with Crippen molar-refractivity contribution < 1.29 is 4.79 Å². The molecule has 168 valence electrons. The minimum absolute atomic E-state index is 0.0973. The molecule has 2 aromatic heterocycles. The third-order valence-electron chi connectivity index (χ3n) is 5.21. The van der Waals surface area contributed by atoms with Gasteiger partial charge in [0.15, 0.2) is 11.0 Å². The number of pyridine rings is 1. The molecule has 0 bridgehead atoms. The minimum atomic E-state index is -0.382. The van der Waals surface area contributed by atoms with E-state index in [4.69, 9.17) is 0 Å². The number of nitrogens with zero attached hydrogens (tertiary/aromatic N) is 5. The molecule has 0 spiro atoms. The lowest BCUT2D eigenvalue weighted by atomic mass is 10.2. The summed E-state index contributed by atoms with van der Waals surface area (Å²) in [6.45, 7) is 3.92. The number of rotatable bonds is 7. The van der Waals surface area contributed by atoms with Crippen LogP contribution in [0.4, 0.5) is 11.4 Å². The maximum atomic E-state index is 12.9. The number of carbonyl (C=O) groups excluding carboxylic acids is 1. The van der Waals surface area contributed by atoms with Crippen LogP contribution in [0.15, 0.2) is 78.2 Å². The number of carbonyl (C=O) groups is 1. The van der Waals surface area contributed by atoms with E-state index in [-0.39, 0.29) is 11.2 Å². The lowest BCUT2D eigenvalue weighted by molar-refractivity contribution is -0.115. The second-order valence-corrected chi connectivity index (χ2v) is 9.17. The zero-order chi connectivity index (χ0) is 23.4. The Hall–Kier alpha value is -3.65. The predicted octanol–water partition coefficient (Wildman–Crippen LogP) is 4.82. The standard InChI is InChI=1S/C25H26N6OS/c1-17-8-5-6-10-22(17)31-23(19-9-7-15-26-16-19)28-29-25(31)33-18(2)24(32)27-20-11-13-21(14-12-20)30(3)4/h5-16,18H,1-4H3,(H,27,32)/t18-/m1/s1. The van der Waals surface area contributed by atoms with Gasteiger partial charge in [-0.2, -0.15) is 0 Å². The van der Waals surface area contributed by atoms with Crippen molar-refractivity contribution in [2.24, 2.45) is 0 Å². The summed E-state index contributed by atoms with van der Waals surface area (Å²) in [4.78, 5) is 19.2. The van der Waals surface area contributed by atoms with Gasteiger partial charge >= 0.3 is 0 Å². The highest BCUT2D eigenvalue weighted by molar-refractivity contribution is 8.00. The Morgan fingerprint density at radius 2 is 1.79 bits per heavy atom. The van der Waals surface area contributed by atoms with Gasteiger partial charge in [-0.3, -0.25) is 14.3 Å². The largest absolute Gasteiger partial charge is 0.378 e. The molecule has 7 nitrogen and oxygen atoms in total. The van der Waals surface area contributed by atoms with E-state index in [1.807, 2.05) is 98.1 Å². The number of benzene rings is 2. The fourth-order valence-corrected chi connectivity index (χ4v) is 4.22. The molecule has 4 aromatic rings. The van der Waals surface area contributed by atoms with Gasteiger partial charge in [0.2, 0.25) is 5.91 Å². The molecular formula is C25H26N6OS. The molecule has 1 amide bonds. The second-order valence-electron chi connectivity index (χ2n) is 7.86. The highest BCUT2D eigenvalue weighted by Gasteiger charge is 2.22. The van der Waals surface area contributed by atoms with Crippen molar-refractivity contribution >= 4 is 29.0 Å². The highest BCUT2D eigenvalue weighted by Crippen LogP contribution is 2.31. The SMILES string of the molecule is Cc1ccccc1-n1c(S[C@H](C)C(=O)Nc2ccc(N(C)C)cc2)nnc1-c1cccnc1. The second kappa shape index (κ2) is 9.87. The normalized spacial score (nSPS) is 11.8. The first kappa shape index (κ1) is 22.5. The number of anilines is 2. The monoisotopic (exact) mass is 458 g/mol. The summed E-state index contributed by atoms with van der Waals surface area (Å²) in [5.74, 6) is 0.589. The van der Waals surface area contributed by atoms with Crippen LogP contribution in [0.5, 0.6) is 0 Å². The number of thioether (sulfide) groups is 1. The topological polar surface area (TPSA) is 75.9 Å². The van der Waals surface area contributed by atoms with E-state index in [2.05, 4.69) is 20.5 Å². The molecule has 0 aliphatic carbocycles. The van der Waals surface area contributed by atoms with E-state index in [1.54, 1.807) is 12.4 Å². The van der Waals surface area contributed by atoms with Crippen LogP contribution in [0, 0.1) is 6.92 Å². The van der Waals surface area contributed by atoms with Crippen LogP contribution < -0.4 is 10.2 Å². The number of aromatic nitrogens is 4. The fourth-order valence-electron chi connectivity index (χ4n) is 3.36. The third-order valence-corrected chi connectivity index (χ3v) is 6.25. The van der Waals surface area contributed by atoms with Crippen LogP contribution in [0.1, 0.15) is 12.5 Å². The first-order chi connectivity index (χ1) is 15.9. The van der Waals surface area contributed by atoms with E-state index in [1.165, 1.54) is 11.8 Å². The summed E-state index contributed by atoms with van der Waals surface area (Å²) >= 11 is 1.37. The van der Waals surface area contributed by atoms with Crippen LogP contribution in [-0.4, -0.2) is 45.0 Å². The van der Waals surface area contributed by atoms with Gasteiger partial charge in [0.25, 0.3) is 0 Å². The van der Waals surface area contributed by atoms with E-state index in [0.717, 1.165) is 28.2 Å². The van der Waals surface area contributed by atoms with Crippen LogP contribution in [0.2, 0.25) is 0 Å². The zero-order valence-electron chi connectivity index (χ0n) is 19.1. The average Bonchev–Trinajstić information content (AvgIpc) is 3.23. The van der Waals surface area contributed by atoms with Crippen molar-refractivity contribution in [2.45, 2.75) is 24.3 Å². The molecule has 2 aromatic carbocycles. The number of hydrogen-bond donors (Lipinski definition) is 1. The van der Waals surface area contributed by atoms with E-state index >= 15 is 0 Å². The molecular weight excluding hydrogens is 432 g/mol. The number of amides is 1. The predicted molar refractivity (Wildman–Crippen MR) is 134 cm³/mol. The molecule has 4 rings (SSSR count). The van der Waals surface area contributed by atoms with E-state index < -0.39 is 0 Å². The smallest absolute Gasteiger partial charge is 0.237 e. The van der Waals surface area contributed by atoms with Gasteiger partial charge in [-0.25, -0.2) is 0 Å². The maximum absolute atomic E-state index is 12.9. The van der Waals surface area contributed by atoms with Gasteiger partial charge in [0, 0.05) is 43.4 Å². The molecule has 2 heterocycles. The number of hydrogen-bond acceptors (Lipinski definition) is 6. The van der Waals surface area contributed by atoms with Gasteiger partial charge < -0.3 is 10.2 Å². The van der Waals surface area contributed by atoms with Gasteiger partial charge in [0.05, 0.1) is 10.9 Å². The minimum Gasteiger partial charge on any atom is -0.378 e. The summed E-state index contributed by atoms with van der Waals surface area (Å²) < 4.78 is 1.99. The Kier molecular flexibility index (Phi) is 6.74. The molecule has 0 aliphatic heterocycles. The van der Waals surface area contributed by atoms with Gasteiger partial charge in [0.1, 0.15) is 0 Å². The third kappa shape index (κ3) is 5.06. The summed E-state index contributed by atoms with van der Waals surface area (Å²) in [6.07, 6.45) is 3.49. The first-order valence-corrected chi connectivity index (χ1v) is 11.5. The van der Waals surface area contributed by atoms with Crippen molar-refractivity contribution in [3.8, 4) is 17.1 Å². The van der Waals surface area contributed by atoms with Crippen molar-refractivity contribution in [1.29, 1.82) is 0 Å². The Bertz CT molecular complexity index is 1240. The molecule has 0 fully saturated rings. The van der Waals surface area contributed by atoms with E-state index in [9.17, 15) is 4.79 Å². The van der Waals surface area contributed by atoms with Crippen LogP contribution in [0.25, 0.3) is 17.1 Å². The Balaban J connectivity index is 1.60. The molecule has 33 heavy (non-hydrogen) atoms. The Morgan fingerprint density at radius 1 is 1.03 bits per heavy atom. The molecule has 0 unspecified atom stereocenters. The summed E-state index contributed by atoms with van der Waals surface area (Å²) in [7, 11) is 3.97. The molecule has 8 heteroatoms. The molecule has 1 N–H and O–H groups in total. The van der Waals surface area contributed by atoms with Crippen LogP contribution >= 0.6 is 11.8 Å². The fraction of sp³-hybridized carbons (Fsp3) is 0.200. The maximum Gasteiger partial charge on any atom is 0.237 e. The zero-order valence-corrected chi connectivity index (χ0v) is 19.9. The van der Waals surface area contributed by atoms with Crippen LogP contribution in [0.3, 0.4) is 0 Å². The van der Waals surface area contributed by atoms with Crippen molar-refractivity contribution in [3.63, 3.8) is 0 Å². The van der Waals surface area contributed by atoms with Crippen molar-refractivity contribution in [2.75, 3.05) is 24.3 Å². The number of aryl methyl sites for hydroxylation is 1. The summed E-state index contributed by atoms with van der Waals surface area (Å²) in [5.41, 5.74) is 4.75. The lowest BCUT2D eigenvalue weighted by Gasteiger charge is -2.16. The van der Waals surface area contributed by atoms with Gasteiger partial charge in [-0.05, 0) is 61.9 Å². The Morgan fingerprint density at radius 3 is 2.45 bits per heavy atom. The highest BCUT2D eigenvalue weighted by atomic mass is 32.2. The molecule has 0 saturated heterocycles. The molecule has 0 radical (unpaired) electrons. The quantitative estimate of drug-likeness (QED) is 0.400. The number of nitrogens with one attached hydrogen (secondary N) is 1. The molecule has 0 saturated carbocycles. The van der Waals surface area contributed by atoms with Gasteiger partial charge in [-0.1, -0.05) is 30.0 Å². The van der Waals surface area contributed by atoms with Crippen molar-refractivity contribution in [1.82, 2.24) is 19.7 Å². The van der Waals surface area contributed by atoms with E-state index in [0.29, 0.717) is 11.0 Å². The van der Waals surface area contributed by atoms with Crippen molar-refractivity contribution in [3.05, 3.63) is 78.6 Å². The average molecular weight is 459 g/mol. The molecule has 1 atom stereocenters. The lowest BCUT2D eigenvalue weighted by Crippen LogP contribution is -2.23. The first-order valence-electron chi connectivity index (χ1n) is 10.6.